The largest absolute Gasteiger partial charge is 0.334 e. The predicted molar refractivity (Wildman–Crippen MR) is 99.2 cm³/mol. The molecular formula is C18H24N4O2S. The lowest BCUT2D eigenvalue weighted by Gasteiger charge is -2.37. The number of amides is 1. The molecule has 2 atom stereocenters. The second kappa shape index (κ2) is 6.21. The Labute approximate surface area is 150 Å². The minimum Gasteiger partial charge on any atom is -0.334 e. The molecular weight excluding hydrogens is 336 g/mol. The molecule has 1 fully saturated rings. The van der Waals surface area contributed by atoms with Crippen molar-refractivity contribution in [1.82, 2.24) is 14.5 Å². The van der Waals surface area contributed by atoms with Crippen molar-refractivity contribution < 1.29 is 4.79 Å². The van der Waals surface area contributed by atoms with E-state index in [1.165, 1.54) is 11.3 Å². The number of fused-ring (bicyclic) bond motifs is 2. The second-order valence-corrected chi connectivity index (χ2v) is 8.34. The Morgan fingerprint density at radius 1 is 1.40 bits per heavy atom. The van der Waals surface area contributed by atoms with Crippen LogP contribution in [0.2, 0.25) is 0 Å². The third-order valence-corrected chi connectivity index (χ3v) is 6.79. The Kier molecular flexibility index (Phi) is 4.16. The summed E-state index contributed by atoms with van der Waals surface area (Å²) >= 11 is 1.36. The highest BCUT2D eigenvalue weighted by Gasteiger charge is 2.32. The number of nitrogens with two attached hydrogens (primary N) is 1. The average Bonchev–Trinajstić information content (AvgIpc) is 3.19. The first kappa shape index (κ1) is 16.7. The lowest BCUT2D eigenvalue weighted by Crippen LogP contribution is -2.49. The molecule has 4 rings (SSSR count). The highest BCUT2D eigenvalue weighted by atomic mass is 32.1. The molecule has 2 aliphatic rings. The third-order valence-electron chi connectivity index (χ3n) is 5.62. The van der Waals surface area contributed by atoms with Gasteiger partial charge < -0.3 is 10.6 Å². The first-order chi connectivity index (χ1) is 12.0. The summed E-state index contributed by atoms with van der Waals surface area (Å²) in [6.45, 7) is 6.03. The van der Waals surface area contributed by atoms with Gasteiger partial charge in [-0.15, -0.1) is 11.3 Å². The summed E-state index contributed by atoms with van der Waals surface area (Å²) in [6.07, 6.45) is 3.75. The molecule has 6 nitrogen and oxygen atoms in total. The van der Waals surface area contributed by atoms with Crippen LogP contribution in [0, 0.1) is 12.8 Å². The van der Waals surface area contributed by atoms with Crippen molar-refractivity contribution in [3.8, 4) is 0 Å². The summed E-state index contributed by atoms with van der Waals surface area (Å²) in [6, 6.07) is 0.0833. The maximum atomic E-state index is 13.2. The van der Waals surface area contributed by atoms with E-state index in [2.05, 4.69) is 11.9 Å². The molecule has 7 heteroatoms. The van der Waals surface area contributed by atoms with Gasteiger partial charge >= 0.3 is 0 Å². The topological polar surface area (TPSA) is 81.2 Å². The van der Waals surface area contributed by atoms with E-state index in [4.69, 9.17) is 5.73 Å². The third kappa shape index (κ3) is 2.60. The Morgan fingerprint density at radius 2 is 2.20 bits per heavy atom. The standard InChI is InChI=1S/C18H24N4O2S/c1-10-5-7-21(12(8-10)9-19)18(24)15-11(2)14-16(25-15)20-13-4-3-6-22(13)17(14)23/h10,12H,3-9,19H2,1-2H3. The lowest BCUT2D eigenvalue weighted by atomic mass is 9.92. The molecule has 0 radical (unpaired) electrons. The van der Waals surface area contributed by atoms with Crippen molar-refractivity contribution in [2.75, 3.05) is 13.1 Å². The number of carbonyl (C=O) groups excluding carboxylic acids is 1. The molecule has 0 bridgehead atoms. The number of piperidine rings is 1. The Balaban J connectivity index is 1.77. The minimum absolute atomic E-state index is 0.00686. The lowest BCUT2D eigenvalue weighted by molar-refractivity contribution is 0.0578. The predicted octanol–water partition coefficient (Wildman–Crippen LogP) is 1.91. The smallest absolute Gasteiger partial charge is 0.264 e. The minimum atomic E-state index is 0.00686. The van der Waals surface area contributed by atoms with Gasteiger partial charge in [0.1, 0.15) is 10.7 Å². The first-order valence-corrected chi connectivity index (χ1v) is 9.86. The van der Waals surface area contributed by atoms with Crippen LogP contribution in [0.4, 0.5) is 0 Å². The highest BCUT2D eigenvalue weighted by Crippen LogP contribution is 2.32. The molecule has 0 saturated carbocycles. The van der Waals surface area contributed by atoms with Crippen molar-refractivity contribution in [2.24, 2.45) is 11.7 Å². The summed E-state index contributed by atoms with van der Waals surface area (Å²) in [5.41, 5.74) is 6.70. The number of hydrogen-bond acceptors (Lipinski definition) is 5. The van der Waals surface area contributed by atoms with E-state index < -0.39 is 0 Å². The highest BCUT2D eigenvalue weighted by molar-refractivity contribution is 7.20. The molecule has 25 heavy (non-hydrogen) atoms. The summed E-state index contributed by atoms with van der Waals surface area (Å²) in [5.74, 6) is 1.45. The molecule has 2 unspecified atom stereocenters. The van der Waals surface area contributed by atoms with Gasteiger partial charge in [0.05, 0.1) is 10.3 Å². The zero-order valence-corrected chi connectivity index (χ0v) is 15.6. The summed E-state index contributed by atoms with van der Waals surface area (Å²) in [7, 11) is 0. The van der Waals surface area contributed by atoms with Gasteiger partial charge in [0.2, 0.25) is 0 Å². The number of hydrogen-bond donors (Lipinski definition) is 1. The number of carbonyl (C=O) groups is 1. The van der Waals surface area contributed by atoms with Crippen LogP contribution in [-0.2, 0) is 13.0 Å². The maximum absolute atomic E-state index is 13.2. The van der Waals surface area contributed by atoms with Crippen LogP contribution in [0.3, 0.4) is 0 Å². The number of rotatable bonds is 2. The van der Waals surface area contributed by atoms with E-state index in [1.54, 1.807) is 4.57 Å². The Hall–Kier alpha value is -1.73. The van der Waals surface area contributed by atoms with Crippen LogP contribution in [0.5, 0.6) is 0 Å². The number of likely N-dealkylation sites (tertiary alicyclic amines) is 1. The second-order valence-electron chi connectivity index (χ2n) is 7.34. The summed E-state index contributed by atoms with van der Waals surface area (Å²) in [4.78, 5) is 33.9. The van der Waals surface area contributed by atoms with Crippen LogP contribution in [0.25, 0.3) is 10.2 Å². The van der Waals surface area contributed by atoms with Gasteiger partial charge in [-0.3, -0.25) is 14.2 Å². The van der Waals surface area contributed by atoms with Gasteiger partial charge in [0.15, 0.2) is 0 Å². The van der Waals surface area contributed by atoms with Crippen molar-refractivity contribution in [3.63, 3.8) is 0 Å². The van der Waals surface area contributed by atoms with E-state index >= 15 is 0 Å². The van der Waals surface area contributed by atoms with Crippen molar-refractivity contribution in [2.45, 2.75) is 52.1 Å². The van der Waals surface area contributed by atoms with Crippen molar-refractivity contribution >= 4 is 27.5 Å². The van der Waals surface area contributed by atoms with Gasteiger partial charge in [0, 0.05) is 32.1 Å². The fourth-order valence-electron chi connectivity index (χ4n) is 4.15. The van der Waals surface area contributed by atoms with E-state index in [0.717, 1.165) is 50.2 Å². The van der Waals surface area contributed by atoms with E-state index in [-0.39, 0.29) is 17.5 Å². The quantitative estimate of drug-likeness (QED) is 0.887. The van der Waals surface area contributed by atoms with Crippen LogP contribution >= 0.6 is 11.3 Å². The Morgan fingerprint density at radius 3 is 2.96 bits per heavy atom. The molecule has 4 heterocycles. The SMILES string of the molecule is Cc1c(C(=O)N2CCC(C)CC2CN)sc2nc3n(c(=O)c12)CCC3. The molecule has 0 aliphatic carbocycles. The number of aromatic nitrogens is 2. The van der Waals surface area contributed by atoms with Gasteiger partial charge in [-0.2, -0.15) is 0 Å². The first-order valence-electron chi connectivity index (χ1n) is 9.05. The molecule has 2 aromatic heterocycles. The van der Waals surface area contributed by atoms with Gasteiger partial charge in [-0.05, 0) is 37.7 Å². The average molecular weight is 360 g/mol. The fraction of sp³-hybridized carbons (Fsp3) is 0.611. The van der Waals surface area contributed by atoms with E-state index in [1.807, 2.05) is 11.8 Å². The zero-order valence-electron chi connectivity index (χ0n) is 14.7. The van der Waals surface area contributed by atoms with Gasteiger partial charge in [0.25, 0.3) is 11.5 Å². The molecule has 1 amide bonds. The molecule has 2 N–H and O–H groups in total. The van der Waals surface area contributed by atoms with E-state index in [9.17, 15) is 9.59 Å². The van der Waals surface area contributed by atoms with Crippen LogP contribution in [-0.4, -0.2) is 39.5 Å². The molecule has 0 aromatic carbocycles. The summed E-state index contributed by atoms with van der Waals surface area (Å²) in [5, 5.41) is 0.619. The molecule has 134 valence electrons. The molecule has 0 spiro atoms. The fourth-order valence-corrected chi connectivity index (χ4v) is 5.30. The Bertz CT molecular complexity index is 901. The van der Waals surface area contributed by atoms with Crippen molar-refractivity contribution in [1.29, 1.82) is 0 Å². The van der Waals surface area contributed by atoms with Crippen LogP contribution in [0.1, 0.15) is 47.2 Å². The normalized spacial score (nSPS) is 23.2. The maximum Gasteiger partial charge on any atom is 0.264 e. The van der Waals surface area contributed by atoms with E-state index in [0.29, 0.717) is 27.6 Å². The number of thiophene rings is 1. The molecule has 1 saturated heterocycles. The van der Waals surface area contributed by atoms with Crippen LogP contribution in [0.15, 0.2) is 4.79 Å². The van der Waals surface area contributed by atoms with Crippen molar-refractivity contribution in [3.05, 3.63) is 26.6 Å². The van der Waals surface area contributed by atoms with Gasteiger partial charge in [-0.25, -0.2) is 4.98 Å². The number of nitrogens with zero attached hydrogens (tertiary/aromatic N) is 3. The zero-order chi connectivity index (χ0) is 17.7. The van der Waals surface area contributed by atoms with Gasteiger partial charge in [-0.1, -0.05) is 6.92 Å². The molecule has 2 aliphatic heterocycles. The monoisotopic (exact) mass is 360 g/mol. The van der Waals surface area contributed by atoms with Crippen LogP contribution < -0.4 is 11.3 Å². The summed E-state index contributed by atoms with van der Waals surface area (Å²) < 4.78 is 1.77. The number of aryl methyl sites for hydroxylation is 2. The molecule has 2 aromatic rings.